The summed E-state index contributed by atoms with van der Waals surface area (Å²) in [5.41, 5.74) is 0.431. The molecular formula is C28H32FN3O5S. The summed E-state index contributed by atoms with van der Waals surface area (Å²) in [5, 5.41) is 2.79. The highest BCUT2D eigenvalue weighted by atomic mass is 32.2. The molecule has 0 saturated carbocycles. The highest BCUT2D eigenvalue weighted by Gasteiger charge is 2.33. The van der Waals surface area contributed by atoms with Gasteiger partial charge in [0.05, 0.1) is 17.7 Å². The Labute approximate surface area is 223 Å². The Kier molecular flexibility index (Phi) is 9.46. The van der Waals surface area contributed by atoms with Crippen LogP contribution in [0.15, 0.2) is 83.8 Å². The smallest absolute Gasteiger partial charge is 0.264 e. The molecular weight excluding hydrogens is 509 g/mol. The number of amides is 2. The molecule has 0 aromatic heterocycles. The molecule has 0 unspecified atom stereocenters. The predicted octanol–water partition coefficient (Wildman–Crippen LogP) is 3.97. The number of carbonyl (C=O) groups is 2. The molecule has 1 atom stereocenters. The number of ether oxygens (including phenoxy) is 1. The van der Waals surface area contributed by atoms with Crippen molar-refractivity contribution < 1.29 is 27.1 Å². The Hall–Kier alpha value is -3.92. The van der Waals surface area contributed by atoms with Gasteiger partial charge in [0.15, 0.2) is 0 Å². The lowest BCUT2D eigenvalue weighted by Crippen LogP contribution is -2.52. The summed E-state index contributed by atoms with van der Waals surface area (Å²) in [6.45, 7) is 4.47. The van der Waals surface area contributed by atoms with Crippen molar-refractivity contribution in [1.82, 2.24) is 10.2 Å². The van der Waals surface area contributed by atoms with Crippen LogP contribution >= 0.6 is 0 Å². The molecule has 0 aliphatic rings. The van der Waals surface area contributed by atoms with E-state index in [4.69, 9.17) is 4.74 Å². The molecule has 0 radical (unpaired) electrons. The van der Waals surface area contributed by atoms with Crippen LogP contribution in [0.5, 0.6) is 5.75 Å². The maximum absolute atomic E-state index is 14.9. The van der Waals surface area contributed by atoms with Crippen molar-refractivity contribution in [1.29, 1.82) is 0 Å². The zero-order valence-electron chi connectivity index (χ0n) is 21.8. The highest BCUT2D eigenvalue weighted by molar-refractivity contribution is 7.92. The van der Waals surface area contributed by atoms with E-state index >= 15 is 0 Å². The van der Waals surface area contributed by atoms with Gasteiger partial charge in [0.25, 0.3) is 10.0 Å². The van der Waals surface area contributed by atoms with E-state index < -0.39 is 40.2 Å². The minimum atomic E-state index is -4.32. The average Bonchev–Trinajstić information content (AvgIpc) is 2.90. The Morgan fingerprint density at radius 2 is 1.53 bits per heavy atom. The number of nitrogens with one attached hydrogen (secondary N) is 1. The molecule has 0 aliphatic carbocycles. The molecule has 202 valence electrons. The van der Waals surface area contributed by atoms with Gasteiger partial charge in [-0.3, -0.25) is 13.9 Å². The number of anilines is 1. The first-order valence-corrected chi connectivity index (χ1v) is 13.5. The monoisotopic (exact) mass is 541 g/mol. The Morgan fingerprint density at radius 3 is 2.11 bits per heavy atom. The van der Waals surface area contributed by atoms with E-state index in [1.165, 1.54) is 42.3 Å². The van der Waals surface area contributed by atoms with Gasteiger partial charge in [-0.2, -0.15) is 0 Å². The molecule has 3 rings (SSSR count). The molecule has 38 heavy (non-hydrogen) atoms. The number of hydrogen-bond donors (Lipinski definition) is 1. The summed E-state index contributed by atoms with van der Waals surface area (Å²) in [6.07, 6.45) is 0. The van der Waals surface area contributed by atoms with Crippen LogP contribution in [0, 0.1) is 5.82 Å². The summed E-state index contributed by atoms with van der Waals surface area (Å²) in [5.74, 6) is -1.25. The van der Waals surface area contributed by atoms with Gasteiger partial charge >= 0.3 is 0 Å². The normalized spacial score (nSPS) is 12.1. The fraction of sp³-hybridized carbons (Fsp3) is 0.286. The van der Waals surface area contributed by atoms with Crippen molar-refractivity contribution in [2.45, 2.75) is 44.3 Å². The molecule has 0 bridgehead atoms. The van der Waals surface area contributed by atoms with Gasteiger partial charge in [-0.05, 0) is 62.7 Å². The van der Waals surface area contributed by atoms with E-state index in [9.17, 15) is 22.4 Å². The van der Waals surface area contributed by atoms with Crippen LogP contribution in [0.2, 0.25) is 0 Å². The Bertz CT molecular complexity index is 1350. The third kappa shape index (κ3) is 6.89. The fourth-order valence-corrected chi connectivity index (χ4v) is 5.25. The zero-order chi connectivity index (χ0) is 27.9. The maximum Gasteiger partial charge on any atom is 0.264 e. The highest BCUT2D eigenvalue weighted by Crippen LogP contribution is 2.27. The summed E-state index contributed by atoms with van der Waals surface area (Å²) >= 11 is 0. The standard InChI is InChI=1S/C28H32FN3O5S/c1-20(2)30-28(34)21(3)31(18-22-14-16-23(37-4)17-15-22)27(33)19-32(26-13-9-8-12-25(26)29)38(35,36)24-10-6-5-7-11-24/h5-17,20-21H,18-19H2,1-4H3,(H,30,34)/t21-/m0/s1. The average molecular weight is 542 g/mol. The molecule has 8 nitrogen and oxygen atoms in total. The number of nitrogens with zero attached hydrogens (tertiary/aromatic N) is 2. The SMILES string of the molecule is COc1ccc(CN(C(=O)CN(c2ccccc2F)S(=O)(=O)c2ccccc2)[C@@H](C)C(=O)NC(C)C)cc1. The maximum atomic E-state index is 14.9. The van der Waals surface area contributed by atoms with Crippen LogP contribution in [-0.2, 0) is 26.2 Å². The second kappa shape index (κ2) is 12.6. The zero-order valence-corrected chi connectivity index (χ0v) is 22.6. The molecule has 10 heteroatoms. The van der Waals surface area contributed by atoms with Crippen LogP contribution in [0.4, 0.5) is 10.1 Å². The topological polar surface area (TPSA) is 96.0 Å². The Morgan fingerprint density at radius 1 is 0.921 bits per heavy atom. The third-order valence-electron chi connectivity index (χ3n) is 5.84. The van der Waals surface area contributed by atoms with Crippen LogP contribution in [-0.4, -0.2) is 50.9 Å². The molecule has 0 spiro atoms. The number of carbonyl (C=O) groups excluding carboxylic acids is 2. The third-order valence-corrected chi connectivity index (χ3v) is 7.62. The molecule has 0 saturated heterocycles. The number of halogens is 1. The minimum absolute atomic E-state index is 0.0198. The molecule has 0 aliphatic heterocycles. The minimum Gasteiger partial charge on any atom is -0.497 e. The van der Waals surface area contributed by atoms with Gasteiger partial charge in [-0.15, -0.1) is 0 Å². The van der Waals surface area contributed by atoms with Crippen LogP contribution < -0.4 is 14.4 Å². The molecule has 0 fully saturated rings. The van der Waals surface area contributed by atoms with Gasteiger partial charge in [-0.25, -0.2) is 12.8 Å². The van der Waals surface area contributed by atoms with Gasteiger partial charge < -0.3 is 15.0 Å². The molecule has 1 N–H and O–H groups in total. The quantitative estimate of drug-likeness (QED) is 0.396. The molecule has 0 heterocycles. The summed E-state index contributed by atoms with van der Waals surface area (Å²) in [7, 11) is -2.79. The lowest BCUT2D eigenvalue weighted by molar-refractivity contribution is -0.139. The first-order valence-electron chi connectivity index (χ1n) is 12.1. The van der Waals surface area contributed by atoms with Gasteiger partial charge in [0.1, 0.15) is 24.2 Å². The van der Waals surface area contributed by atoms with E-state index in [-0.39, 0.29) is 23.2 Å². The predicted molar refractivity (Wildman–Crippen MR) is 144 cm³/mol. The number of benzene rings is 3. The number of methoxy groups -OCH3 is 1. The molecule has 3 aromatic carbocycles. The van der Waals surface area contributed by atoms with Crippen molar-refractivity contribution in [2.75, 3.05) is 18.0 Å². The van der Waals surface area contributed by atoms with E-state index in [1.54, 1.807) is 63.2 Å². The van der Waals surface area contributed by atoms with Crippen molar-refractivity contribution in [3.8, 4) is 5.75 Å². The summed E-state index contributed by atoms with van der Waals surface area (Å²) in [4.78, 5) is 27.9. The van der Waals surface area contributed by atoms with Crippen molar-refractivity contribution >= 4 is 27.5 Å². The van der Waals surface area contributed by atoms with Crippen LogP contribution in [0.25, 0.3) is 0 Å². The second-order valence-corrected chi connectivity index (χ2v) is 10.8. The van der Waals surface area contributed by atoms with Gasteiger partial charge in [-0.1, -0.05) is 42.5 Å². The molecule has 2 amide bonds. The van der Waals surface area contributed by atoms with Crippen LogP contribution in [0.3, 0.4) is 0 Å². The number of sulfonamides is 1. The largest absolute Gasteiger partial charge is 0.497 e. The van der Waals surface area contributed by atoms with E-state index in [2.05, 4.69) is 5.32 Å². The van der Waals surface area contributed by atoms with Gasteiger partial charge in [0, 0.05) is 12.6 Å². The first-order chi connectivity index (χ1) is 18.0. The van der Waals surface area contributed by atoms with E-state index in [0.717, 1.165) is 10.4 Å². The van der Waals surface area contributed by atoms with Crippen molar-refractivity contribution in [2.24, 2.45) is 0 Å². The summed E-state index contributed by atoms with van der Waals surface area (Å²) in [6, 6.07) is 18.7. The molecule has 3 aromatic rings. The van der Waals surface area contributed by atoms with Crippen molar-refractivity contribution in [3.05, 3.63) is 90.2 Å². The fourth-order valence-electron chi connectivity index (χ4n) is 3.80. The number of hydrogen-bond acceptors (Lipinski definition) is 5. The number of para-hydroxylation sites is 1. The lowest BCUT2D eigenvalue weighted by atomic mass is 10.1. The van der Waals surface area contributed by atoms with E-state index in [0.29, 0.717) is 11.3 Å². The first kappa shape index (κ1) is 28.6. The van der Waals surface area contributed by atoms with E-state index in [1.807, 2.05) is 0 Å². The Balaban J connectivity index is 2.02. The lowest BCUT2D eigenvalue weighted by Gasteiger charge is -2.32. The number of rotatable bonds is 11. The summed E-state index contributed by atoms with van der Waals surface area (Å²) < 4.78 is 48.0. The second-order valence-electron chi connectivity index (χ2n) is 8.99. The van der Waals surface area contributed by atoms with Gasteiger partial charge in [0.2, 0.25) is 11.8 Å². The van der Waals surface area contributed by atoms with Crippen molar-refractivity contribution in [3.63, 3.8) is 0 Å². The van der Waals surface area contributed by atoms with Crippen LogP contribution in [0.1, 0.15) is 26.3 Å².